The van der Waals surface area contributed by atoms with Gasteiger partial charge in [-0.15, -0.1) is 0 Å². The molecule has 0 saturated carbocycles. The number of benzene rings is 1. The highest BCUT2D eigenvalue weighted by Crippen LogP contribution is 2.18. The Bertz CT molecular complexity index is 1180. The molecule has 0 unspecified atom stereocenters. The minimum atomic E-state index is -0.289. The van der Waals surface area contributed by atoms with Crippen molar-refractivity contribution in [3.8, 4) is 5.82 Å². The topological polar surface area (TPSA) is 94.7 Å². The van der Waals surface area contributed by atoms with E-state index >= 15 is 0 Å². The molecule has 8 nitrogen and oxygen atoms in total. The molecule has 0 spiro atoms. The first-order valence-electron chi connectivity index (χ1n) is 8.77. The van der Waals surface area contributed by atoms with E-state index in [0.29, 0.717) is 17.2 Å². The molecule has 0 aliphatic heterocycles. The van der Waals surface area contributed by atoms with Crippen molar-refractivity contribution in [1.29, 1.82) is 0 Å². The third-order valence-electron chi connectivity index (χ3n) is 4.24. The SMILES string of the molecule is CC(=O)c1nc2ccccc2n1CC(=O)Nc1cc(C)nn1-c1ccccn1. The summed E-state index contributed by atoms with van der Waals surface area (Å²) in [4.78, 5) is 33.4. The molecular weight excluding hydrogens is 356 g/mol. The zero-order valence-electron chi connectivity index (χ0n) is 15.5. The average Bonchev–Trinajstić information content (AvgIpc) is 3.23. The molecule has 0 radical (unpaired) electrons. The summed E-state index contributed by atoms with van der Waals surface area (Å²) in [6.07, 6.45) is 1.66. The molecule has 0 saturated heterocycles. The molecule has 140 valence electrons. The Morgan fingerprint density at radius 1 is 1.11 bits per heavy atom. The number of hydrogen-bond acceptors (Lipinski definition) is 5. The number of Topliss-reactive ketones (excluding diaryl/α,β-unsaturated/α-hetero) is 1. The lowest BCUT2D eigenvalue weighted by Gasteiger charge is -2.10. The molecule has 3 aromatic heterocycles. The number of nitrogens with one attached hydrogen (secondary N) is 1. The van der Waals surface area contributed by atoms with Gasteiger partial charge in [0.2, 0.25) is 5.91 Å². The molecule has 1 aromatic carbocycles. The van der Waals surface area contributed by atoms with Gasteiger partial charge in [0.15, 0.2) is 17.4 Å². The maximum Gasteiger partial charge on any atom is 0.245 e. The van der Waals surface area contributed by atoms with Gasteiger partial charge >= 0.3 is 0 Å². The first kappa shape index (κ1) is 17.6. The van der Waals surface area contributed by atoms with Crippen LogP contribution in [0.5, 0.6) is 0 Å². The first-order chi connectivity index (χ1) is 13.5. The summed E-state index contributed by atoms with van der Waals surface area (Å²) < 4.78 is 3.20. The number of anilines is 1. The second kappa shape index (κ2) is 7.07. The van der Waals surface area contributed by atoms with E-state index in [1.54, 1.807) is 27.6 Å². The Labute approximate surface area is 160 Å². The standard InChI is InChI=1S/C20H18N6O2/c1-13-11-18(26(24-13)17-9-5-6-10-21-17)23-19(28)12-25-16-8-4-3-7-15(16)22-20(25)14(2)27/h3-11H,12H2,1-2H3,(H,23,28). The second-order valence-electron chi connectivity index (χ2n) is 6.39. The first-order valence-corrected chi connectivity index (χ1v) is 8.77. The quantitative estimate of drug-likeness (QED) is 0.542. The number of ketones is 1. The lowest BCUT2D eigenvalue weighted by molar-refractivity contribution is -0.116. The summed E-state index contributed by atoms with van der Waals surface area (Å²) in [7, 11) is 0. The summed E-state index contributed by atoms with van der Waals surface area (Å²) >= 11 is 0. The van der Waals surface area contributed by atoms with E-state index < -0.39 is 0 Å². The minimum Gasteiger partial charge on any atom is -0.312 e. The number of aryl methyl sites for hydroxylation is 1. The van der Waals surface area contributed by atoms with Crippen LogP contribution in [0.2, 0.25) is 0 Å². The molecule has 3 heterocycles. The number of rotatable bonds is 5. The molecule has 0 aliphatic rings. The van der Waals surface area contributed by atoms with Crippen LogP contribution in [-0.4, -0.2) is 36.0 Å². The van der Waals surface area contributed by atoms with Crippen LogP contribution >= 0.6 is 0 Å². The third-order valence-corrected chi connectivity index (χ3v) is 4.24. The van der Waals surface area contributed by atoms with E-state index in [2.05, 4.69) is 20.4 Å². The maximum absolute atomic E-state index is 12.8. The number of aromatic nitrogens is 5. The molecule has 28 heavy (non-hydrogen) atoms. The molecule has 0 aliphatic carbocycles. The van der Waals surface area contributed by atoms with Crippen molar-refractivity contribution in [2.75, 3.05) is 5.32 Å². The van der Waals surface area contributed by atoms with Gasteiger partial charge in [-0.1, -0.05) is 18.2 Å². The highest BCUT2D eigenvalue weighted by molar-refractivity contribution is 5.97. The largest absolute Gasteiger partial charge is 0.312 e. The Kier molecular flexibility index (Phi) is 4.44. The number of hydrogen-bond donors (Lipinski definition) is 1. The van der Waals surface area contributed by atoms with Crippen LogP contribution < -0.4 is 5.32 Å². The number of imidazole rings is 1. The maximum atomic E-state index is 12.8. The normalized spacial score (nSPS) is 10.9. The third kappa shape index (κ3) is 3.27. The van der Waals surface area contributed by atoms with Crippen LogP contribution in [0, 0.1) is 6.92 Å². The number of carbonyl (C=O) groups excluding carboxylic acids is 2. The highest BCUT2D eigenvalue weighted by atomic mass is 16.2. The van der Waals surface area contributed by atoms with Crippen molar-refractivity contribution >= 4 is 28.5 Å². The minimum absolute atomic E-state index is 0.0398. The Morgan fingerprint density at radius 3 is 2.64 bits per heavy atom. The van der Waals surface area contributed by atoms with Crippen LogP contribution in [0.1, 0.15) is 23.2 Å². The number of amides is 1. The molecule has 0 bridgehead atoms. The lowest BCUT2D eigenvalue weighted by Crippen LogP contribution is -2.22. The van der Waals surface area contributed by atoms with Crippen LogP contribution in [-0.2, 0) is 11.3 Å². The lowest BCUT2D eigenvalue weighted by atomic mass is 10.3. The summed E-state index contributed by atoms with van der Waals surface area (Å²) in [5.74, 6) is 0.880. The van der Waals surface area contributed by atoms with Crippen LogP contribution in [0.4, 0.5) is 5.82 Å². The van der Waals surface area contributed by atoms with Crippen LogP contribution in [0.3, 0.4) is 0 Å². The monoisotopic (exact) mass is 374 g/mol. The van der Waals surface area contributed by atoms with E-state index in [-0.39, 0.29) is 24.1 Å². The van der Waals surface area contributed by atoms with Crippen molar-refractivity contribution in [2.24, 2.45) is 0 Å². The summed E-state index contributed by atoms with van der Waals surface area (Å²) in [6, 6.07) is 14.6. The van der Waals surface area contributed by atoms with Crippen molar-refractivity contribution in [1.82, 2.24) is 24.3 Å². The second-order valence-corrected chi connectivity index (χ2v) is 6.39. The zero-order chi connectivity index (χ0) is 19.7. The predicted molar refractivity (Wildman–Crippen MR) is 104 cm³/mol. The number of fused-ring (bicyclic) bond motifs is 1. The Hall–Kier alpha value is -3.81. The van der Waals surface area contributed by atoms with Crippen LogP contribution in [0.25, 0.3) is 16.9 Å². The fraction of sp³-hybridized carbons (Fsp3) is 0.150. The Balaban J connectivity index is 1.64. The fourth-order valence-electron chi connectivity index (χ4n) is 3.07. The average molecular weight is 374 g/mol. The molecule has 4 rings (SSSR count). The summed E-state index contributed by atoms with van der Waals surface area (Å²) in [5, 5.41) is 7.25. The van der Waals surface area contributed by atoms with Crippen molar-refractivity contribution < 1.29 is 9.59 Å². The van der Waals surface area contributed by atoms with Gasteiger partial charge in [0.25, 0.3) is 0 Å². The van der Waals surface area contributed by atoms with Gasteiger partial charge in [-0.2, -0.15) is 9.78 Å². The summed E-state index contributed by atoms with van der Waals surface area (Å²) in [5.41, 5.74) is 2.16. The van der Waals surface area contributed by atoms with Gasteiger partial charge in [-0.3, -0.25) is 9.59 Å². The van der Waals surface area contributed by atoms with Crippen molar-refractivity contribution in [3.05, 3.63) is 66.2 Å². The predicted octanol–water partition coefficient (Wildman–Crippen LogP) is 2.77. The van der Waals surface area contributed by atoms with E-state index in [1.165, 1.54) is 6.92 Å². The smallest absolute Gasteiger partial charge is 0.245 e. The van der Waals surface area contributed by atoms with E-state index in [0.717, 1.165) is 11.2 Å². The van der Waals surface area contributed by atoms with Gasteiger partial charge in [0, 0.05) is 19.2 Å². The molecule has 1 amide bonds. The number of carbonyl (C=O) groups is 2. The van der Waals surface area contributed by atoms with Gasteiger partial charge < -0.3 is 9.88 Å². The molecule has 8 heteroatoms. The molecule has 4 aromatic rings. The number of nitrogens with zero attached hydrogens (tertiary/aromatic N) is 5. The van der Waals surface area contributed by atoms with Gasteiger partial charge in [-0.05, 0) is 31.2 Å². The molecule has 0 atom stereocenters. The van der Waals surface area contributed by atoms with Gasteiger partial charge in [0.05, 0.1) is 16.7 Å². The summed E-state index contributed by atoms with van der Waals surface area (Å²) in [6.45, 7) is 3.24. The molecular formula is C20H18N6O2. The van der Waals surface area contributed by atoms with E-state index in [1.807, 2.05) is 43.3 Å². The Morgan fingerprint density at radius 2 is 1.89 bits per heavy atom. The number of para-hydroxylation sites is 2. The van der Waals surface area contributed by atoms with Crippen molar-refractivity contribution in [2.45, 2.75) is 20.4 Å². The highest BCUT2D eigenvalue weighted by Gasteiger charge is 2.18. The van der Waals surface area contributed by atoms with Gasteiger partial charge in [-0.25, -0.2) is 9.97 Å². The van der Waals surface area contributed by atoms with E-state index in [4.69, 9.17) is 0 Å². The number of pyridine rings is 1. The fourth-order valence-corrected chi connectivity index (χ4v) is 3.07. The van der Waals surface area contributed by atoms with Gasteiger partial charge in [0.1, 0.15) is 12.4 Å². The van der Waals surface area contributed by atoms with E-state index in [9.17, 15) is 9.59 Å². The van der Waals surface area contributed by atoms with Crippen LogP contribution in [0.15, 0.2) is 54.7 Å². The zero-order valence-corrected chi connectivity index (χ0v) is 15.5. The molecule has 1 N–H and O–H groups in total. The van der Waals surface area contributed by atoms with Crippen molar-refractivity contribution in [3.63, 3.8) is 0 Å². The molecule has 0 fully saturated rings.